The van der Waals surface area contributed by atoms with Crippen LogP contribution in [0.4, 0.5) is 11.4 Å². The van der Waals surface area contributed by atoms with Crippen LogP contribution in [0.3, 0.4) is 0 Å². The summed E-state index contributed by atoms with van der Waals surface area (Å²) < 4.78 is 2.54. The van der Waals surface area contributed by atoms with E-state index in [1.807, 2.05) is 0 Å². The fraction of sp³-hybridized carbons (Fsp3) is 0.200. The first-order valence-corrected chi connectivity index (χ1v) is 19.3. The van der Waals surface area contributed by atoms with Crippen molar-refractivity contribution in [1.82, 2.24) is 4.57 Å². The quantitative estimate of drug-likeness (QED) is 0.177. The fourth-order valence-corrected chi connectivity index (χ4v) is 10.7. The number of aromatic nitrogens is 1. The Kier molecular flexibility index (Phi) is 6.93. The van der Waals surface area contributed by atoms with Gasteiger partial charge in [0.15, 0.2) is 0 Å². The molecular formula is C50H42N2. The Morgan fingerprint density at radius 3 is 2.02 bits per heavy atom. The van der Waals surface area contributed by atoms with Crippen molar-refractivity contribution in [2.24, 2.45) is 11.8 Å². The van der Waals surface area contributed by atoms with E-state index in [1.54, 1.807) is 11.1 Å². The second-order valence-electron chi connectivity index (χ2n) is 15.7. The van der Waals surface area contributed by atoms with E-state index in [9.17, 15) is 0 Å². The average molecular weight is 671 g/mol. The SMILES string of the molecule is C1=CC(N(c2ccccc2)c2ccc(-c3ccc4c(c3)C3CC5CC(C3)C(C5)c3ccccc3-4)cc2)=CC(n2c3ccccc3c3ccccc32)C1. The molecule has 1 aromatic heterocycles. The summed E-state index contributed by atoms with van der Waals surface area (Å²) in [4.78, 5) is 2.42. The number of nitrogens with zero attached hydrogens (tertiary/aromatic N) is 2. The lowest BCUT2D eigenvalue weighted by Crippen LogP contribution is -2.19. The van der Waals surface area contributed by atoms with E-state index in [1.165, 1.54) is 86.8 Å². The number of para-hydroxylation sites is 3. The summed E-state index contributed by atoms with van der Waals surface area (Å²) in [6, 6.07) is 54.7. The summed E-state index contributed by atoms with van der Waals surface area (Å²) in [7, 11) is 0. The standard InChI is InChI=1S/C50H42N2/c1-2-11-38(12-3-1)51(40-13-10-14-41(32-40)52-49-19-8-6-17-45(49)46-18-7-9-20-50(46)52)39-24-21-34(22-25-39)35-23-26-44-42-15-4-5-16-43(42)47-29-33-27-36(47)30-37(28-33)48(44)31-35/h1-13,15-26,31-33,36-37,41,47H,14,27-30H2. The van der Waals surface area contributed by atoms with Crippen molar-refractivity contribution in [1.29, 1.82) is 0 Å². The van der Waals surface area contributed by atoms with Gasteiger partial charge >= 0.3 is 0 Å². The van der Waals surface area contributed by atoms with Gasteiger partial charge in [0.2, 0.25) is 0 Å². The minimum Gasteiger partial charge on any atom is -0.333 e. The van der Waals surface area contributed by atoms with Gasteiger partial charge in [0.05, 0.1) is 6.04 Å². The molecule has 52 heavy (non-hydrogen) atoms. The Morgan fingerprint density at radius 2 is 1.21 bits per heavy atom. The number of allylic oxidation sites excluding steroid dienone is 3. The molecule has 3 bridgehead atoms. The lowest BCUT2D eigenvalue weighted by atomic mass is 9.70. The van der Waals surface area contributed by atoms with Crippen molar-refractivity contribution in [2.75, 3.05) is 4.90 Å². The summed E-state index contributed by atoms with van der Waals surface area (Å²) in [5.41, 5.74) is 14.8. The van der Waals surface area contributed by atoms with Gasteiger partial charge in [-0.25, -0.2) is 0 Å². The maximum Gasteiger partial charge on any atom is 0.0580 e. The molecule has 0 N–H and O–H groups in total. The van der Waals surface area contributed by atoms with E-state index >= 15 is 0 Å². The molecule has 5 atom stereocenters. The van der Waals surface area contributed by atoms with Crippen LogP contribution in [-0.2, 0) is 0 Å². The third kappa shape index (κ3) is 4.77. The van der Waals surface area contributed by atoms with Crippen LogP contribution in [0.2, 0.25) is 0 Å². The number of hydrogen-bond acceptors (Lipinski definition) is 1. The topological polar surface area (TPSA) is 8.17 Å². The summed E-state index contributed by atoms with van der Waals surface area (Å²) >= 11 is 0. The average Bonchev–Trinajstić information content (AvgIpc) is 3.71. The van der Waals surface area contributed by atoms with Crippen molar-refractivity contribution in [3.8, 4) is 22.3 Å². The molecule has 0 spiro atoms. The van der Waals surface area contributed by atoms with Crippen LogP contribution in [0.5, 0.6) is 0 Å². The van der Waals surface area contributed by atoms with Gasteiger partial charge in [0.1, 0.15) is 0 Å². The van der Waals surface area contributed by atoms with E-state index in [-0.39, 0.29) is 6.04 Å². The van der Waals surface area contributed by atoms with Crippen LogP contribution in [0.15, 0.2) is 170 Å². The third-order valence-corrected chi connectivity index (χ3v) is 12.8. The van der Waals surface area contributed by atoms with Gasteiger partial charge in [-0.3, -0.25) is 0 Å². The van der Waals surface area contributed by atoms with Crippen molar-refractivity contribution in [3.63, 3.8) is 0 Å². The molecule has 2 saturated carbocycles. The first-order chi connectivity index (χ1) is 25.8. The van der Waals surface area contributed by atoms with E-state index in [0.29, 0.717) is 5.92 Å². The summed E-state index contributed by atoms with van der Waals surface area (Å²) in [5, 5.41) is 2.63. The molecule has 0 radical (unpaired) electrons. The first kappa shape index (κ1) is 30.1. The minimum atomic E-state index is 0.203. The lowest BCUT2D eigenvalue weighted by molar-refractivity contribution is 0.312. The number of rotatable bonds is 5. The fourth-order valence-electron chi connectivity index (χ4n) is 10.7. The van der Waals surface area contributed by atoms with Crippen LogP contribution in [-0.4, -0.2) is 4.57 Å². The second kappa shape index (κ2) is 12.0. The van der Waals surface area contributed by atoms with Crippen LogP contribution in [0.25, 0.3) is 44.1 Å². The molecule has 2 heteroatoms. The van der Waals surface area contributed by atoms with Gasteiger partial charge < -0.3 is 9.47 Å². The molecule has 4 aliphatic rings. The first-order valence-electron chi connectivity index (χ1n) is 19.3. The van der Waals surface area contributed by atoms with E-state index in [2.05, 4.69) is 173 Å². The summed E-state index contributed by atoms with van der Waals surface area (Å²) in [6.07, 6.45) is 13.6. The maximum atomic E-state index is 2.55. The Balaban J connectivity index is 0.979. The van der Waals surface area contributed by atoms with Gasteiger partial charge in [-0.2, -0.15) is 0 Å². The molecule has 2 fully saturated rings. The molecular weight excluding hydrogens is 629 g/mol. The van der Waals surface area contributed by atoms with E-state index in [0.717, 1.165) is 24.2 Å². The van der Waals surface area contributed by atoms with Crippen LogP contribution < -0.4 is 4.90 Å². The molecule has 0 saturated heterocycles. The van der Waals surface area contributed by atoms with Crippen molar-refractivity contribution >= 4 is 33.2 Å². The predicted molar refractivity (Wildman–Crippen MR) is 217 cm³/mol. The molecule has 1 heterocycles. The molecule has 0 amide bonds. The Labute approximate surface area is 306 Å². The normalized spacial score (nSPS) is 22.8. The number of anilines is 2. The maximum absolute atomic E-state index is 2.55. The number of hydrogen-bond donors (Lipinski definition) is 0. The Morgan fingerprint density at radius 1 is 0.538 bits per heavy atom. The molecule has 7 aromatic rings. The van der Waals surface area contributed by atoms with Gasteiger partial charge in [-0.1, -0.05) is 115 Å². The smallest absolute Gasteiger partial charge is 0.0580 e. The molecule has 6 aromatic carbocycles. The molecule has 4 aliphatic carbocycles. The monoisotopic (exact) mass is 670 g/mol. The highest BCUT2D eigenvalue weighted by molar-refractivity contribution is 6.08. The van der Waals surface area contributed by atoms with Crippen LogP contribution in [0, 0.1) is 11.8 Å². The Bertz CT molecular complexity index is 2480. The molecule has 252 valence electrons. The van der Waals surface area contributed by atoms with Gasteiger partial charge in [-0.05, 0) is 138 Å². The largest absolute Gasteiger partial charge is 0.333 e. The molecule has 2 nitrogen and oxygen atoms in total. The van der Waals surface area contributed by atoms with Gasteiger partial charge in [-0.15, -0.1) is 0 Å². The van der Waals surface area contributed by atoms with Gasteiger partial charge in [0, 0.05) is 38.9 Å². The van der Waals surface area contributed by atoms with Crippen LogP contribution in [0.1, 0.15) is 61.1 Å². The molecule has 11 rings (SSSR count). The third-order valence-electron chi connectivity index (χ3n) is 12.8. The van der Waals surface area contributed by atoms with E-state index < -0.39 is 0 Å². The van der Waals surface area contributed by atoms with Crippen molar-refractivity contribution in [3.05, 3.63) is 181 Å². The lowest BCUT2D eigenvalue weighted by Gasteiger charge is -2.34. The second-order valence-corrected chi connectivity index (χ2v) is 15.7. The summed E-state index contributed by atoms with van der Waals surface area (Å²) in [6.45, 7) is 0. The van der Waals surface area contributed by atoms with Crippen molar-refractivity contribution < 1.29 is 0 Å². The van der Waals surface area contributed by atoms with Crippen LogP contribution >= 0.6 is 0 Å². The summed E-state index contributed by atoms with van der Waals surface area (Å²) in [5.74, 6) is 3.11. The zero-order valence-electron chi connectivity index (χ0n) is 29.4. The predicted octanol–water partition coefficient (Wildman–Crippen LogP) is 13.4. The zero-order valence-corrected chi connectivity index (χ0v) is 29.4. The highest BCUT2D eigenvalue weighted by Gasteiger charge is 2.44. The minimum absolute atomic E-state index is 0.203. The number of benzene rings is 6. The molecule has 0 aliphatic heterocycles. The Hall–Kier alpha value is -5.60. The highest BCUT2D eigenvalue weighted by Crippen LogP contribution is 2.59. The van der Waals surface area contributed by atoms with Crippen molar-refractivity contribution in [2.45, 2.75) is 50.0 Å². The number of fused-ring (bicyclic) bond motifs is 10. The van der Waals surface area contributed by atoms with E-state index in [4.69, 9.17) is 0 Å². The molecule has 5 unspecified atom stereocenters. The zero-order chi connectivity index (χ0) is 34.2. The highest BCUT2D eigenvalue weighted by atomic mass is 15.2. The van der Waals surface area contributed by atoms with Gasteiger partial charge in [0.25, 0.3) is 0 Å².